The zero-order valence-electron chi connectivity index (χ0n) is 14.7. The Balaban J connectivity index is 1.45. The van der Waals surface area contributed by atoms with Gasteiger partial charge in [0.25, 0.3) is 0 Å². The molecule has 1 aliphatic heterocycles. The lowest BCUT2D eigenvalue weighted by Crippen LogP contribution is -2.49. The molecule has 1 heterocycles. The van der Waals surface area contributed by atoms with Crippen molar-refractivity contribution in [2.45, 2.75) is 45.8 Å². The second-order valence-electron chi connectivity index (χ2n) is 7.19. The summed E-state index contributed by atoms with van der Waals surface area (Å²) < 4.78 is 5.93. The molecular weight excluding hydrogens is 288 g/mol. The maximum absolute atomic E-state index is 10.3. The minimum atomic E-state index is -0.429. The van der Waals surface area contributed by atoms with Crippen LogP contribution >= 0.6 is 0 Å². The average molecular weight is 318 g/mol. The van der Waals surface area contributed by atoms with Crippen LogP contribution in [0.25, 0.3) is 0 Å². The topological polar surface area (TPSA) is 35.9 Å². The third kappa shape index (κ3) is 4.25. The molecule has 2 fully saturated rings. The predicted molar refractivity (Wildman–Crippen MR) is 93.2 cm³/mol. The first-order valence-corrected chi connectivity index (χ1v) is 8.88. The summed E-state index contributed by atoms with van der Waals surface area (Å²) in [6.07, 6.45) is 2.33. The van der Waals surface area contributed by atoms with E-state index in [9.17, 15) is 5.11 Å². The van der Waals surface area contributed by atoms with Gasteiger partial charge in [-0.1, -0.05) is 12.1 Å². The highest BCUT2D eigenvalue weighted by molar-refractivity contribution is 5.44. The molecule has 1 aromatic rings. The van der Waals surface area contributed by atoms with Crippen molar-refractivity contribution in [3.05, 3.63) is 28.8 Å². The molecule has 1 aliphatic carbocycles. The number of β-amino-alcohol motifs (C(OH)–C–C–N with tert-alkyl or cyclic N) is 1. The molecule has 128 valence electrons. The Kier molecular flexibility index (Phi) is 5.24. The number of benzene rings is 1. The first-order chi connectivity index (χ1) is 11.0. The van der Waals surface area contributed by atoms with Crippen LogP contribution in [0.2, 0.25) is 0 Å². The van der Waals surface area contributed by atoms with E-state index in [2.05, 4.69) is 42.7 Å². The largest absolute Gasteiger partial charge is 0.490 e. The first-order valence-electron chi connectivity index (χ1n) is 8.88. The normalized spacial score (nSPS) is 21.4. The van der Waals surface area contributed by atoms with Crippen LogP contribution in [0.3, 0.4) is 0 Å². The molecule has 3 rings (SSSR count). The zero-order chi connectivity index (χ0) is 16.4. The van der Waals surface area contributed by atoms with Crippen molar-refractivity contribution in [3.8, 4) is 5.75 Å². The highest BCUT2D eigenvalue weighted by atomic mass is 16.5. The van der Waals surface area contributed by atoms with Gasteiger partial charge in [-0.25, -0.2) is 0 Å². The van der Waals surface area contributed by atoms with Gasteiger partial charge in [-0.05, 0) is 50.3 Å². The summed E-state index contributed by atoms with van der Waals surface area (Å²) >= 11 is 0. The van der Waals surface area contributed by atoms with Crippen LogP contribution in [0.1, 0.15) is 29.5 Å². The molecule has 1 saturated carbocycles. The van der Waals surface area contributed by atoms with E-state index in [4.69, 9.17) is 4.74 Å². The van der Waals surface area contributed by atoms with Crippen molar-refractivity contribution < 1.29 is 9.84 Å². The minimum Gasteiger partial charge on any atom is -0.490 e. The van der Waals surface area contributed by atoms with Gasteiger partial charge in [-0.15, -0.1) is 0 Å². The number of nitrogens with zero attached hydrogens (tertiary/aromatic N) is 2. The fourth-order valence-electron chi connectivity index (χ4n) is 3.43. The lowest BCUT2D eigenvalue weighted by atomic mass is 10.1. The zero-order valence-corrected chi connectivity index (χ0v) is 14.7. The van der Waals surface area contributed by atoms with Crippen molar-refractivity contribution in [1.29, 1.82) is 0 Å². The van der Waals surface area contributed by atoms with Crippen LogP contribution < -0.4 is 4.74 Å². The van der Waals surface area contributed by atoms with Gasteiger partial charge in [0.1, 0.15) is 18.5 Å². The molecule has 4 heteroatoms. The fourth-order valence-corrected chi connectivity index (χ4v) is 3.43. The molecule has 0 unspecified atom stereocenters. The Bertz CT molecular complexity index is 534. The van der Waals surface area contributed by atoms with E-state index in [1.54, 1.807) is 0 Å². The summed E-state index contributed by atoms with van der Waals surface area (Å²) in [6.45, 7) is 11.7. The first kappa shape index (κ1) is 16.7. The van der Waals surface area contributed by atoms with Gasteiger partial charge >= 0.3 is 0 Å². The lowest BCUT2D eigenvalue weighted by Gasteiger charge is -2.35. The Morgan fingerprint density at radius 3 is 2.39 bits per heavy atom. The summed E-state index contributed by atoms with van der Waals surface area (Å²) in [5.41, 5.74) is 3.55. The molecule has 0 spiro atoms. The van der Waals surface area contributed by atoms with Gasteiger partial charge in [0.05, 0.1) is 0 Å². The summed E-state index contributed by atoms with van der Waals surface area (Å²) in [4.78, 5) is 4.96. The number of aliphatic hydroxyl groups is 1. The van der Waals surface area contributed by atoms with Crippen LogP contribution in [0.15, 0.2) is 12.1 Å². The van der Waals surface area contributed by atoms with E-state index >= 15 is 0 Å². The van der Waals surface area contributed by atoms with Crippen molar-refractivity contribution >= 4 is 0 Å². The molecule has 0 radical (unpaired) electrons. The van der Waals surface area contributed by atoms with Crippen LogP contribution in [0, 0.1) is 20.8 Å². The van der Waals surface area contributed by atoms with Crippen LogP contribution in [-0.2, 0) is 0 Å². The maximum Gasteiger partial charge on any atom is 0.125 e. The molecule has 4 nitrogen and oxygen atoms in total. The van der Waals surface area contributed by atoms with Gasteiger partial charge in [0.2, 0.25) is 0 Å². The molecule has 1 N–H and O–H groups in total. The van der Waals surface area contributed by atoms with Crippen molar-refractivity contribution in [2.75, 3.05) is 39.3 Å². The van der Waals surface area contributed by atoms with Crippen molar-refractivity contribution in [1.82, 2.24) is 9.80 Å². The van der Waals surface area contributed by atoms with Gasteiger partial charge < -0.3 is 9.84 Å². The fraction of sp³-hybridized carbons (Fsp3) is 0.684. The summed E-state index contributed by atoms with van der Waals surface area (Å²) in [5.74, 6) is 0.933. The lowest BCUT2D eigenvalue weighted by molar-refractivity contribution is 0.0442. The summed E-state index contributed by atoms with van der Waals surface area (Å²) in [5, 5.41) is 10.3. The smallest absolute Gasteiger partial charge is 0.125 e. The second kappa shape index (κ2) is 7.20. The Hall–Kier alpha value is -1.10. The average Bonchev–Trinajstić information content (AvgIpc) is 3.37. The second-order valence-corrected chi connectivity index (χ2v) is 7.19. The molecule has 1 aromatic carbocycles. The molecule has 0 aromatic heterocycles. The van der Waals surface area contributed by atoms with Crippen LogP contribution in [0.5, 0.6) is 5.75 Å². The van der Waals surface area contributed by atoms with Crippen molar-refractivity contribution in [2.24, 2.45) is 0 Å². The number of hydrogen-bond acceptors (Lipinski definition) is 4. The number of piperazine rings is 1. The van der Waals surface area contributed by atoms with Crippen LogP contribution in [0.4, 0.5) is 0 Å². The minimum absolute atomic E-state index is 0.369. The SMILES string of the molecule is Cc1ccc(C)c(OC[C@@H](O)CN2CCN(C3CC3)CC2)c1C. The molecule has 2 aliphatic rings. The maximum atomic E-state index is 10.3. The highest BCUT2D eigenvalue weighted by Crippen LogP contribution is 2.28. The third-order valence-electron chi connectivity index (χ3n) is 5.23. The predicted octanol–water partition coefficient (Wildman–Crippen LogP) is 2.13. The highest BCUT2D eigenvalue weighted by Gasteiger charge is 2.31. The van der Waals surface area contributed by atoms with Gasteiger partial charge in [-0.2, -0.15) is 0 Å². The Labute approximate surface area is 140 Å². The number of ether oxygens (including phenoxy) is 1. The van der Waals surface area contributed by atoms with Crippen molar-refractivity contribution in [3.63, 3.8) is 0 Å². The summed E-state index contributed by atoms with van der Waals surface area (Å²) in [6, 6.07) is 5.06. The van der Waals surface area contributed by atoms with Gasteiger partial charge in [0.15, 0.2) is 0 Å². The van der Waals surface area contributed by atoms with E-state index < -0.39 is 6.10 Å². The molecule has 0 amide bonds. The van der Waals surface area contributed by atoms with Crippen LogP contribution in [-0.4, -0.2) is 66.4 Å². The number of hydrogen-bond donors (Lipinski definition) is 1. The molecule has 0 bridgehead atoms. The number of aryl methyl sites for hydroxylation is 2. The summed E-state index contributed by atoms with van der Waals surface area (Å²) in [7, 11) is 0. The number of aliphatic hydroxyl groups excluding tert-OH is 1. The Morgan fingerprint density at radius 1 is 1.09 bits per heavy atom. The Morgan fingerprint density at radius 2 is 1.74 bits per heavy atom. The van der Waals surface area contributed by atoms with E-state index in [-0.39, 0.29) is 0 Å². The van der Waals surface area contributed by atoms with E-state index in [1.807, 2.05) is 0 Å². The molecule has 1 atom stereocenters. The van der Waals surface area contributed by atoms with E-state index in [1.165, 1.54) is 24.0 Å². The van der Waals surface area contributed by atoms with E-state index in [0.29, 0.717) is 13.2 Å². The standard InChI is InChI=1S/C19H30N2O2/c1-14-4-5-15(2)19(16(14)3)23-13-18(22)12-20-8-10-21(11-9-20)17-6-7-17/h4-5,17-18,22H,6-13H2,1-3H3/t18-/m0/s1. The monoisotopic (exact) mass is 318 g/mol. The molecule has 23 heavy (non-hydrogen) atoms. The van der Waals surface area contributed by atoms with Gasteiger partial charge in [0, 0.05) is 38.8 Å². The van der Waals surface area contributed by atoms with E-state index in [0.717, 1.165) is 43.5 Å². The van der Waals surface area contributed by atoms with Gasteiger partial charge in [-0.3, -0.25) is 9.80 Å². The number of rotatable bonds is 6. The quantitative estimate of drug-likeness (QED) is 0.872. The molecule has 1 saturated heterocycles. The third-order valence-corrected chi connectivity index (χ3v) is 5.23. The molecular formula is C19H30N2O2.